The second-order valence-corrected chi connectivity index (χ2v) is 6.88. The van der Waals surface area contributed by atoms with Crippen LogP contribution in [0.2, 0.25) is 0 Å². The number of pyridine rings is 1. The van der Waals surface area contributed by atoms with Gasteiger partial charge in [-0.25, -0.2) is 8.42 Å². The number of rotatable bonds is 5. The summed E-state index contributed by atoms with van der Waals surface area (Å²) in [5, 5.41) is 0. The van der Waals surface area contributed by atoms with E-state index in [1.807, 2.05) is 6.92 Å². The summed E-state index contributed by atoms with van der Waals surface area (Å²) < 4.78 is 26.1. The summed E-state index contributed by atoms with van der Waals surface area (Å²) in [7, 11) is -1.99. The third kappa shape index (κ3) is 3.20. The summed E-state index contributed by atoms with van der Waals surface area (Å²) >= 11 is 0. The third-order valence-electron chi connectivity index (χ3n) is 2.91. The lowest BCUT2D eigenvalue weighted by Gasteiger charge is -2.25. The molecule has 18 heavy (non-hydrogen) atoms. The molecule has 0 aliphatic rings. The van der Waals surface area contributed by atoms with E-state index < -0.39 is 10.0 Å². The van der Waals surface area contributed by atoms with Crippen molar-refractivity contribution in [3.8, 4) is 0 Å². The van der Waals surface area contributed by atoms with E-state index >= 15 is 0 Å². The van der Waals surface area contributed by atoms with Gasteiger partial charge in [0, 0.05) is 25.5 Å². The molecule has 0 amide bonds. The van der Waals surface area contributed by atoms with Crippen molar-refractivity contribution in [2.45, 2.75) is 38.1 Å². The molecule has 0 aliphatic carbocycles. The van der Waals surface area contributed by atoms with E-state index in [1.54, 1.807) is 7.05 Å². The molecule has 6 heteroatoms. The highest BCUT2D eigenvalue weighted by molar-refractivity contribution is 7.89. The lowest BCUT2D eigenvalue weighted by Crippen LogP contribution is -2.36. The summed E-state index contributed by atoms with van der Waals surface area (Å²) in [6.45, 7) is 6.02. The first-order valence-electron chi connectivity index (χ1n) is 5.94. The van der Waals surface area contributed by atoms with E-state index in [4.69, 9.17) is 5.73 Å². The van der Waals surface area contributed by atoms with Crippen molar-refractivity contribution in [2.24, 2.45) is 5.92 Å². The highest BCUT2D eigenvalue weighted by Crippen LogP contribution is 2.23. The Bertz CT molecular complexity index is 500. The molecule has 5 nitrogen and oxygen atoms in total. The number of aromatic nitrogens is 1. The summed E-state index contributed by atoms with van der Waals surface area (Å²) in [5.74, 6) is 0.434. The highest BCUT2D eigenvalue weighted by Gasteiger charge is 2.27. The fourth-order valence-corrected chi connectivity index (χ4v) is 3.26. The van der Waals surface area contributed by atoms with Crippen LogP contribution in [0.1, 0.15) is 27.2 Å². The van der Waals surface area contributed by atoms with E-state index in [0.29, 0.717) is 5.92 Å². The molecule has 0 aliphatic heterocycles. The zero-order chi connectivity index (χ0) is 13.9. The Morgan fingerprint density at radius 3 is 2.50 bits per heavy atom. The topological polar surface area (TPSA) is 76.3 Å². The van der Waals surface area contributed by atoms with Crippen LogP contribution in [0.25, 0.3) is 0 Å². The Kier molecular flexibility index (Phi) is 4.70. The number of hydrogen-bond acceptors (Lipinski definition) is 4. The van der Waals surface area contributed by atoms with Gasteiger partial charge in [-0.05, 0) is 25.3 Å². The number of anilines is 1. The first-order chi connectivity index (χ1) is 8.26. The Labute approximate surface area is 109 Å². The molecule has 0 aromatic carbocycles. The first kappa shape index (κ1) is 14.9. The molecule has 0 saturated heterocycles. The minimum absolute atomic E-state index is 0.0723. The van der Waals surface area contributed by atoms with Gasteiger partial charge in [0.15, 0.2) is 0 Å². The van der Waals surface area contributed by atoms with Crippen LogP contribution >= 0.6 is 0 Å². The summed E-state index contributed by atoms with van der Waals surface area (Å²) in [4.78, 5) is 3.90. The smallest absolute Gasteiger partial charge is 0.246 e. The molecule has 1 heterocycles. The monoisotopic (exact) mass is 271 g/mol. The van der Waals surface area contributed by atoms with Crippen LogP contribution in [0, 0.1) is 5.92 Å². The van der Waals surface area contributed by atoms with Crippen molar-refractivity contribution >= 4 is 15.7 Å². The van der Waals surface area contributed by atoms with Gasteiger partial charge in [0.1, 0.15) is 4.90 Å². The predicted octanol–water partition coefficient (Wildman–Crippen LogP) is 1.72. The standard InChI is InChI=1S/C12H21N3O2S/c1-9(2)7-10(3)15(4)18(16,17)12-8-14-6-5-11(12)13/h5-6,8-10H,7H2,1-4H3,(H2,13,14). The average Bonchev–Trinajstić information content (AvgIpc) is 2.27. The molecule has 0 spiro atoms. The maximum atomic E-state index is 12.4. The number of nitrogens with zero attached hydrogens (tertiary/aromatic N) is 2. The Hall–Kier alpha value is -1.14. The minimum atomic E-state index is -3.57. The molecule has 1 rings (SSSR count). The van der Waals surface area contributed by atoms with Gasteiger partial charge in [-0.3, -0.25) is 4.98 Å². The molecule has 102 valence electrons. The highest BCUT2D eigenvalue weighted by atomic mass is 32.2. The van der Waals surface area contributed by atoms with Gasteiger partial charge < -0.3 is 5.73 Å². The molecule has 1 aromatic rings. The molecular weight excluding hydrogens is 250 g/mol. The SMILES string of the molecule is CC(C)CC(C)N(C)S(=O)(=O)c1cnccc1N. The zero-order valence-corrected chi connectivity index (χ0v) is 12.1. The van der Waals surface area contributed by atoms with Crippen LogP contribution in [-0.2, 0) is 10.0 Å². The van der Waals surface area contributed by atoms with Gasteiger partial charge in [-0.2, -0.15) is 4.31 Å². The van der Waals surface area contributed by atoms with Gasteiger partial charge in [0.05, 0.1) is 5.69 Å². The average molecular weight is 271 g/mol. The first-order valence-corrected chi connectivity index (χ1v) is 7.38. The molecule has 0 radical (unpaired) electrons. The van der Waals surface area contributed by atoms with Crippen LogP contribution < -0.4 is 5.73 Å². The van der Waals surface area contributed by atoms with Gasteiger partial charge in [0.25, 0.3) is 0 Å². The molecule has 1 atom stereocenters. The van der Waals surface area contributed by atoms with E-state index in [2.05, 4.69) is 18.8 Å². The van der Waals surface area contributed by atoms with E-state index in [0.717, 1.165) is 6.42 Å². The maximum absolute atomic E-state index is 12.4. The van der Waals surface area contributed by atoms with Crippen molar-refractivity contribution in [2.75, 3.05) is 12.8 Å². The lowest BCUT2D eigenvalue weighted by molar-refractivity contribution is 0.338. The van der Waals surface area contributed by atoms with Crippen LogP contribution in [0.15, 0.2) is 23.4 Å². The van der Waals surface area contributed by atoms with Gasteiger partial charge in [0.2, 0.25) is 10.0 Å². The lowest BCUT2D eigenvalue weighted by atomic mass is 10.1. The van der Waals surface area contributed by atoms with Crippen LogP contribution in [0.4, 0.5) is 5.69 Å². The van der Waals surface area contributed by atoms with Crippen LogP contribution in [0.3, 0.4) is 0 Å². The molecule has 2 N–H and O–H groups in total. The number of sulfonamides is 1. The van der Waals surface area contributed by atoms with Crippen molar-refractivity contribution in [3.63, 3.8) is 0 Å². The fourth-order valence-electron chi connectivity index (χ4n) is 1.83. The largest absolute Gasteiger partial charge is 0.398 e. The summed E-state index contributed by atoms with van der Waals surface area (Å²) in [6, 6.07) is 1.42. The van der Waals surface area contributed by atoms with Crippen molar-refractivity contribution in [1.82, 2.24) is 9.29 Å². The van der Waals surface area contributed by atoms with Crippen LogP contribution in [-0.4, -0.2) is 30.8 Å². The maximum Gasteiger partial charge on any atom is 0.246 e. The molecule has 1 aromatic heterocycles. The van der Waals surface area contributed by atoms with Crippen LogP contribution in [0.5, 0.6) is 0 Å². The van der Waals surface area contributed by atoms with Crippen molar-refractivity contribution < 1.29 is 8.42 Å². The number of hydrogen-bond donors (Lipinski definition) is 1. The summed E-state index contributed by atoms with van der Waals surface area (Å²) in [5.41, 5.74) is 5.93. The Morgan fingerprint density at radius 1 is 1.39 bits per heavy atom. The summed E-state index contributed by atoms with van der Waals surface area (Å²) in [6.07, 6.45) is 3.57. The second-order valence-electron chi connectivity index (χ2n) is 4.91. The van der Waals surface area contributed by atoms with Gasteiger partial charge in [-0.15, -0.1) is 0 Å². The van der Waals surface area contributed by atoms with E-state index in [-0.39, 0.29) is 16.6 Å². The predicted molar refractivity (Wildman–Crippen MR) is 72.5 cm³/mol. The van der Waals surface area contributed by atoms with Crippen molar-refractivity contribution in [3.05, 3.63) is 18.5 Å². The van der Waals surface area contributed by atoms with Gasteiger partial charge >= 0.3 is 0 Å². The number of nitrogens with two attached hydrogens (primary N) is 1. The Balaban J connectivity index is 3.04. The Morgan fingerprint density at radius 2 is 2.00 bits per heavy atom. The second kappa shape index (κ2) is 5.67. The molecule has 0 bridgehead atoms. The molecule has 1 unspecified atom stereocenters. The normalized spacial score (nSPS) is 14.1. The van der Waals surface area contributed by atoms with Crippen molar-refractivity contribution in [1.29, 1.82) is 0 Å². The van der Waals surface area contributed by atoms with E-state index in [9.17, 15) is 8.42 Å². The quantitative estimate of drug-likeness (QED) is 0.884. The number of nitrogen functional groups attached to an aromatic ring is 1. The molecule has 0 fully saturated rings. The minimum Gasteiger partial charge on any atom is -0.398 e. The molecular formula is C12H21N3O2S. The van der Waals surface area contributed by atoms with Gasteiger partial charge in [-0.1, -0.05) is 13.8 Å². The fraction of sp³-hybridized carbons (Fsp3) is 0.583. The third-order valence-corrected chi connectivity index (χ3v) is 4.92. The van der Waals surface area contributed by atoms with E-state index in [1.165, 1.54) is 22.8 Å². The molecule has 0 saturated carbocycles. The zero-order valence-electron chi connectivity index (χ0n) is 11.3.